The summed E-state index contributed by atoms with van der Waals surface area (Å²) in [5, 5.41) is 7.70. The van der Waals surface area contributed by atoms with Crippen molar-refractivity contribution in [2.24, 2.45) is 5.14 Å². The van der Waals surface area contributed by atoms with Gasteiger partial charge in [-0.1, -0.05) is 0 Å². The van der Waals surface area contributed by atoms with Crippen molar-refractivity contribution in [1.82, 2.24) is 0 Å². The molecule has 0 bridgehead atoms. The van der Waals surface area contributed by atoms with Crippen molar-refractivity contribution in [3.05, 3.63) is 23.3 Å². The van der Waals surface area contributed by atoms with Crippen molar-refractivity contribution in [1.29, 1.82) is 0 Å². The summed E-state index contributed by atoms with van der Waals surface area (Å²) in [7, 11) is -3.80. The number of anilines is 1. The van der Waals surface area contributed by atoms with Crippen molar-refractivity contribution >= 4 is 21.6 Å². The van der Waals surface area contributed by atoms with Crippen molar-refractivity contribution in [3.8, 4) is 0 Å². The summed E-state index contributed by atoms with van der Waals surface area (Å²) in [6.07, 6.45) is 0. The lowest BCUT2D eigenvalue weighted by Crippen LogP contribution is -2.20. The highest BCUT2D eigenvalue weighted by molar-refractivity contribution is 7.89. The average molecular weight is 286 g/mol. The van der Waals surface area contributed by atoms with Gasteiger partial charge in [-0.25, -0.2) is 13.6 Å². The van der Waals surface area contributed by atoms with Crippen LogP contribution in [0.25, 0.3) is 0 Å². The maximum atomic E-state index is 11.6. The molecule has 0 fully saturated rings. The Labute approximate surface area is 113 Å². The van der Waals surface area contributed by atoms with Crippen LogP contribution in [0.4, 0.5) is 5.69 Å². The van der Waals surface area contributed by atoms with Gasteiger partial charge in [0.1, 0.15) is 6.61 Å². The molecule has 19 heavy (non-hydrogen) atoms. The first-order valence-electron chi connectivity index (χ1n) is 5.77. The fraction of sp³-hybridized carbons (Fsp3) is 0.417. The molecular formula is C12H18N2O4S. The van der Waals surface area contributed by atoms with Crippen molar-refractivity contribution in [3.63, 3.8) is 0 Å². The van der Waals surface area contributed by atoms with Crippen LogP contribution in [0, 0.1) is 13.8 Å². The Bertz CT molecular complexity index is 582. The predicted molar refractivity (Wildman–Crippen MR) is 72.4 cm³/mol. The first-order valence-corrected chi connectivity index (χ1v) is 7.32. The predicted octanol–water partition coefficient (Wildman–Crippen LogP) is 0.926. The molecule has 1 aromatic carbocycles. The Morgan fingerprint density at radius 3 is 2.53 bits per heavy atom. The number of sulfonamides is 1. The van der Waals surface area contributed by atoms with Crippen LogP contribution in [-0.4, -0.2) is 27.5 Å². The molecule has 0 atom stereocenters. The highest BCUT2D eigenvalue weighted by Crippen LogP contribution is 2.23. The highest BCUT2D eigenvalue weighted by Gasteiger charge is 2.14. The molecule has 0 radical (unpaired) electrons. The first-order chi connectivity index (χ1) is 8.75. The number of carbonyl (C=O) groups excluding carboxylic acids is 1. The van der Waals surface area contributed by atoms with Crippen LogP contribution in [0.15, 0.2) is 17.0 Å². The fourth-order valence-electron chi connectivity index (χ4n) is 1.50. The highest BCUT2D eigenvalue weighted by atomic mass is 32.2. The van der Waals surface area contributed by atoms with Gasteiger partial charge in [-0.15, -0.1) is 0 Å². The maximum absolute atomic E-state index is 11.6. The summed E-state index contributed by atoms with van der Waals surface area (Å²) in [4.78, 5) is 11.6. The van der Waals surface area contributed by atoms with Crippen molar-refractivity contribution in [2.75, 3.05) is 18.5 Å². The minimum atomic E-state index is -3.80. The standard InChI is InChI=1S/C12H18N2O4S/c1-4-18-7-12(15)14-11-6-10(19(13,16)17)5-8(2)9(11)3/h5-6H,4,7H2,1-3H3,(H,14,15)(H2,13,16,17). The van der Waals surface area contributed by atoms with E-state index >= 15 is 0 Å². The number of aryl methyl sites for hydroxylation is 1. The third-order valence-corrected chi connectivity index (χ3v) is 3.57. The maximum Gasteiger partial charge on any atom is 0.250 e. The van der Waals surface area contributed by atoms with E-state index in [-0.39, 0.29) is 17.4 Å². The average Bonchev–Trinajstić information content (AvgIpc) is 2.30. The zero-order valence-corrected chi connectivity index (χ0v) is 12.0. The van der Waals surface area contributed by atoms with Gasteiger partial charge in [0.25, 0.3) is 0 Å². The van der Waals surface area contributed by atoms with Gasteiger partial charge in [-0.05, 0) is 44.0 Å². The minimum Gasteiger partial charge on any atom is -0.372 e. The van der Waals surface area contributed by atoms with E-state index in [9.17, 15) is 13.2 Å². The van der Waals surface area contributed by atoms with E-state index in [2.05, 4.69) is 5.32 Å². The summed E-state index contributed by atoms with van der Waals surface area (Å²) >= 11 is 0. The Hall–Kier alpha value is -1.44. The molecule has 0 spiro atoms. The van der Waals surface area contributed by atoms with E-state index < -0.39 is 10.0 Å². The van der Waals surface area contributed by atoms with Crippen molar-refractivity contribution in [2.45, 2.75) is 25.7 Å². The zero-order chi connectivity index (χ0) is 14.6. The molecule has 6 nitrogen and oxygen atoms in total. The second kappa shape index (κ2) is 6.14. The van der Waals surface area contributed by atoms with E-state index in [0.717, 1.165) is 11.1 Å². The SMILES string of the molecule is CCOCC(=O)Nc1cc(S(N)(=O)=O)cc(C)c1C. The van der Waals surface area contributed by atoms with Gasteiger partial charge in [0.05, 0.1) is 4.90 Å². The Balaban J connectivity index is 3.07. The molecular weight excluding hydrogens is 268 g/mol. The largest absolute Gasteiger partial charge is 0.372 e. The summed E-state index contributed by atoms with van der Waals surface area (Å²) in [5.74, 6) is -0.337. The number of ether oxygens (including phenoxy) is 1. The molecule has 1 rings (SSSR count). The molecule has 0 heterocycles. The lowest BCUT2D eigenvalue weighted by molar-refractivity contribution is -0.120. The number of nitrogens with one attached hydrogen (secondary N) is 1. The molecule has 0 saturated carbocycles. The number of primary sulfonamides is 1. The summed E-state index contributed by atoms with van der Waals surface area (Å²) in [6, 6.07) is 2.82. The Morgan fingerprint density at radius 1 is 1.37 bits per heavy atom. The van der Waals surface area contributed by atoms with Gasteiger partial charge in [0.15, 0.2) is 0 Å². The van der Waals surface area contributed by atoms with Crippen molar-refractivity contribution < 1.29 is 17.9 Å². The van der Waals surface area contributed by atoms with E-state index in [1.807, 2.05) is 0 Å². The van der Waals surface area contributed by atoms with Gasteiger partial charge in [0, 0.05) is 12.3 Å². The number of nitrogens with two attached hydrogens (primary N) is 1. The molecule has 0 aliphatic heterocycles. The van der Waals surface area contributed by atoms with Crippen LogP contribution >= 0.6 is 0 Å². The van der Waals surface area contributed by atoms with E-state index in [4.69, 9.17) is 9.88 Å². The van der Waals surface area contributed by atoms with Gasteiger partial charge >= 0.3 is 0 Å². The smallest absolute Gasteiger partial charge is 0.250 e. The van der Waals surface area contributed by atoms with Crippen LogP contribution in [-0.2, 0) is 19.6 Å². The molecule has 1 aromatic rings. The molecule has 0 unspecified atom stereocenters. The number of hydrogen-bond donors (Lipinski definition) is 2. The fourth-order valence-corrected chi connectivity index (χ4v) is 2.12. The van der Waals surface area contributed by atoms with Crippen LogP contribution in [0.5, 0.6) is 0 Å². The topological polar surface area (TPSA) is 98.5 Å². The number of hydrogen-bond acceptors (Lipinski definition) is 4. The lowest BCUT2D eigenvalue weighted by Gasteiger charge is -2.12. The van der Waals surface area contributed by atoms with Crippen LogP contribution < -0.4 is 10.5 Å². The van der Waals surface area contributed by atoms with Crippen LogP contribution in [0.3, 0.4) is 0 Å². The van der Waals surface area contributed by atoms with Crippen LogP contribution in [0.1, 0.15) is 18.1 Å². The summed E-state index contributed by atoms with van der Waals surface area (Å²) in [5.41, 5.74) is 1.95. The number of amides is 1. The molecule has 3 N–H and O–H groups in total. The third-order valence-electron chi connectivity index (χ3n) is 2.68. The summed E-state index contributed by atoms with van der Waals surface area (Å²) in [6.45, 7) is 5.68. The quantitative estimate of drug-likeness (QED) is 0.841. The van der Waals surface area contributed by atoms with Gasteiger partial charge < -0.3 is 10.1 Å². The van der Waals surface area contributed by atoms with Gasteiger partial charge in [-0.2, -0.15) is 0 Å². The number of rotatable bonds is 5. The molecule has 1 amide bonds. The molecule has 0 aromatic heterocycles. The van der Waals surface area contributed by atoms with Gasteiger partial charge in [-0.3, -0.25) is 4.79 Å². The van der Waals surface area contributed by atoms with E-state index in [0.29, 0.717) is 12.3 Å². The Kier molecular flexibility index (Phi) is 5.04. The monoisotopic (exact) mass is 286 g/mol. The molecule has 7 heteroatoms. The van der Waals surface area contributed by atoms with E-state index in [1.165, 1.54) is 12.1 Å². The van der Waals surface area contributed by atoms with Crippen LogP contribution in [0.2, 0.25) is 0 Å². The van der Waals surface area contributed by atoms with Gasteiger partial charge in [0.2, 0.25) is 15.9 Å². The minimum absolute atomic E-state index is 0.0256. The van der Waals surface area contributed by atoms with E-state index in [1.54, 1.807) is 20.8 Å². The normalized spacial score (nSPS) is 11.4. The lowest BCUT2D eigenvalue weighted by atomic mass is 10.1. The molecule has 0 saturated heterocycles. The molecule has 106 valence electrons. The second-order valence-corrected chi connectivity index (χ2v) is 5.70. The number of carbonyl (C=O) groups is 1. The molecule has 0 aliphatic rings. The second-order valence-electron chi connectivity index (χ2n) is 4.14. The summed E-state index contributed by atoms with van der Waals surface area (Å²) < 4.78 is 27.7. The third kappa shape index (κ3) is 4.30. The zero-order valence-electron chi connectivity index (χ0n) is 11.2. The number of benzene rings is 1. The Morgan fingerprint density at radius 2 is 2.00 bits per heavy atom. The first kappa shape index (κ1) is 15.6. The molecule has 0 aliphatic carbocycles.